The first-order valence-electron chi connectivity index (χ1n) is 10.8. The molecule has 0 spiro atoms. The molecule has 0 atom stereocenters. The molecule has 1 N–H and O–H groups in total. The third-order valence-electron chi connectivity index (χ3n) is 5.50. The van der Waals surface area contributed by atoms with Gasteiger partial charge in [0.25, 0.3) is 11.8 Å². The molecule has 1 aliphatic heterocycles. The highest BCUT2D eigenvalue weighted by Crippen LogP contribution is 2.34. The van der Waals surface area contributed by atoms with Crippen LogP contribution >= 0.6 is 11.6 Å². The van der Waals surface area contributed by atoms with Gasteiger partial charge in [0.15, 0.2) is 13.2 Å². The number of aryl methyl sites for hydroxylation is 1. The largest absolute Gasteiger partial charge is 0.492 e. The molecule has 8 heteroatoms. The molecule has 1 aliphatic rings. The van der Waals surface area contributed by atoms with E-state index in [1.54, 1.807) is 47.4 Å². The molecule has 7 nitrogen and oxygen atoms in total. The number of nitrogens with one attached hydrogen (secondary N) is 1. The van der Waals surface area contributed by atoms with E-state index < -0.39 is 0 Å². The molecule has 4 rings (SSSR count). The van der Waals surface area contributed by atoms with E-state index in [2.05, 4.69) is 5.32 Å². The zero-order valence-corrected chi connectivity index (χ0v) is 19.7. The van der Waals surface area contributed by atoms with Crippen molar-refractivity contribution >= 4 is 34.8 Å². The van der Waals surface area contributed by atoms with Crippen molar-refractivity contribution in [1.82, 2.24) is 0 Å². The number of fused-ring (bicyclic) bond motifs is 1. The average Bonchev–Trinajstić information content (AvgIpc) is 2.82. The quantitative estimate of drug-likeness (QED) is 0.502. The van der Waals surface area contributed by atoms with E-state index in [-0.39, 0.29) is 31.6 Å². The van der Waals surface area contributed by atoms with Crippen LogP contribution in [0.5, 0.6) is 17.2 Å². The third kappa shape index (κ3) is 5.61. The fourth-order valence-electron chi connectivity index (χ4n) is 3.53. The first-order valence-corrected chi connectivity index (χ1v) is 11.2. The summed E-state index contributed by atoms with van der Waals surface area (Å²) in [6.07, 6.45) is 0. The lowest BCUT2D eigenvalue weighted by atomic mass is 10.1. The van der Waals surface area contributed by atoms with Gasteiger partial charge in [-0.1, -0.05) is 23.7 Å². The molecule has 0 saturated heterocycles. The van der Waals surface area contributed by atoms with Gasteiger partial charge in [-0.15, -0.1) is 0 Å². The lowest BCUT2D eigenvalue weighted by Crippen LogP contribution is -2.41. The molecule has 34 heavy (non-hydrogen) atoms. The van der Waals surface area contributed by atoms with Gasteiger partial charge in [-0.2, -0.15) is 0 Å². The highest BCUT2D eigenvalue weighted by atomic mass is 35.5. The van der Waals surface area contributed by atoms with Crippen molar-refractivity contribution in [1.29, 1.82) is 0 Å². The summed E-state index contributed by atoms with van der Waals surface area (Å²) in [7, 11) is 0. The molecule has 3 aromatic rings. The van der Waals surface area contributed by atoms with Crippen molar-refractivity contribution < 1.29 is 23.8 Å². The van der Waals surface area contributed by atoms with Crippen LogP contribution < -0.4 is 24.4 Å². The molecule has 176 valence electrons. The maximum Gasteiger partial charge on any atom is 0.265 e. The normalized spacial score (nSPS) is 12.6. The molecule has 1 heterocycles. The predicted molar refractivity (Wildman–Crippen MR) is 131 cm³/mol. The van der Waals surface area contributed by atoms with Gasteiger partial charge in [0.05, 0.1) is 12.2 Å². The average molecular weight is 481 g/mol. The highest BCUT2D eigenvalue weighted by molar-refractivity contribution is 6.30. The Balaban J connectivity index is 1.39. The number of benzene rings is 3. The second kappa shape index (κ2) is 10.5. The number of nitrogens with zero attached hydrogens (tertiary/aromatic N) is 1. The molecule has 0 saturated carbocycles. The van der Waals surface area contributed by atoms with Crippen molar-refractivity contribution in [3.63, 3.8) is 0 Å². The van der Waals surface area contributed by atoms with Crippen molar-refractivity contribution in [2.24, 2.45) is 0 Å². The summed E-state index contributed by atoms with van der Waals surface area (Å²) in [5, 5.41) is 3.44. The van der Waals surface area contributed by atoms with Crippen LogP contribution in [0.15, 0.2) is 60.7 Å². The van der Waals surface area contributed by atoms with Gasteiger partial charge >= 0.3 is 0 Å². The maximum absolute atomic E-state index is 12.5. The first-order chi connectivity index (χ1) is 16.4. The molecular formula is C26H25ClN2O5. The number of ether oxygens (including phenoxy) is 3. The first kappa shape index (κ1) is 23.4. The minimum absolute atomic E-state index is 0.0522. The van der Waals surface area contributed by atoms with Crippen LogP contribution in [0.25, 0.3) is 0 Å². The Labute approximate surface area is 203 Å². The van der Waals surface area contributed by atoms with E-state index in [1.807, 2.05) is 32.0 Å². The standard InChI is InChI=1S/C26H25ClN2O5/c1-17-4-3-5-23(18(17)2)33-15-25(30)28-20-8-11-24-22(14-20)29(26(31)16-34-24)12-13-32-21-9-6-19(27)7-10-21/h3-11,14H,12-13,15-16H2,1-2H3,(H,28,30). The fourth-order valence-corrected chi connectivity index (χ4v) is 3.66. The number of carbonyl (C=O) groups excluding carboxylic acids is 2. The molecule has 0 fully saturated rings. The summed E-state index contributed by atoms with van der Waals surface area (Å²) in [6.45, 7) is 4.37. The van der Waals surface area contributed by atoms with Gasteiger partial charge in [0.2, 0.25) is 0 Å². The lowest BCUT2D eigenvalue weighted by Gasteiger charge is -2.29. The van der Waals surface area contributed by atoms with E-state index >= 15 is 0 Å². The Morgan fingerprint density at radius 1 is 1.09 bits per heavy atom. The van der Waals surface area contributed by atoms with Crippen LogP contribution in [0.2, 0.25) is 5.02 Å². The molecule has 0 aromatic heterocycles. The highest BCUT2D eigenvalue weighted by Gasteiger charge is 2.26. The summed E-state index contributed by atoms with van der Waals surface area (Å²) >= 11 is 5.90. The number of rotatable bonds is 8. The van der Waals surface area contributed by atoms with Crippen LogP contribution in [0.1, 0.15) is 11.1 Å². The van der Waals surface area contributed by atoms with E-state index in [0.717, 1.165) is 11.1 Å². The second-order valence-corrected chi connectivity index (χ2v) is 8.29. The second-order valence-electron chi connectivity index (χ2n) is 7.85. The van der Waals surface area contributed by atoms with Gasteiger partial charge in [-0.3, -0.25) is 9.59 Å². The van der Waals surface area contributed by atoms with Crippen molar-refractivity contribution in [3.8, 4) is 17.2 Å². The lowest BCUT2D eigenvalue weighted by molar-refractivity contribution is -0.121. The topological polar surface area (TPSA) is 77.1 Å². The number of carbonyl (C=O) groups is 2. The van der Waals surface area contributed by atoms with Gasteiger partial charge in [-0.25, -0.2) is 0 Å². The number of halogens is 1. The van der Waals surface area contributed by atoms with Crippen LogP contribution in [0, 0.1) is 13.8 Å². The molecule has 0 bridgehead atoms. The van der Waals surface area contributed by atoms with Crippen LogP contribution in [0.4, 0.5) is 11.4 Å². The predicted octanol–water partition coefficient (Wildman–Crippen LogP) is 4.78. The molecule has 3 aromatic carbocycles. The zero-order valence-electron chi connectivity index (χ0n) is 19.0. The van der Waals surface area contributed by atoms with Crippen LogP contribution in [-0.2, 0) is 9.59 Å². The summed E-state index contributed by atoms with van der Waals surface area (Å²) in [4.78, 5) is 26.6. The van der Waals surface area contributed by atoms with Gasteiger partial charge in [0, 0.05) is 10.7 Å². The number of amides is 2. The Morgan fingerprint density at radius 2 is 1.88 bits per heavy atom. The molecule has 2 amide bonds. The van der Waals surface area contributed by atoms with E-state index in [1.165, 1.54) is 0 Å². The Hall–Kier alpha value is -3.71. The monoisotopic (exact) mass is 480 g/mol. The summed E-state index contributed by atoms with van der Waals surface area (Å²) in [5.74, 6) is 1.41. The molecule has 0 radical (unpaired) electrons. The minimum atomic E-state index is -0.304. The molecular weight excluding hydrogens is 456 g/mol. The zero-order chi connectivity index (χ0) is 24.1. The number of anilines is 2. The number of hydrogen-bond donors (Lipinski definition) is 1. The van der Waals surface area contributed by atoms with Gasteiger partial charge in [-0.05, 0) is 73.5 Å². The van der Waals surface area contributed by atoms with Gasteiger partial charge in [0.1, 0.15) is 23.9 Å². The van der Waals surface area contributed by atoms with E-state index in [0.29, 0.717) is 40.2 Å². The summed E-state index contributed by atoms with van der Waals surface area (Å²) < 4.78 is 17.0. The maximum atomic E-state index is 12.5. The smallest absolute Gasteiger partial charge is 0.265 e. The molecule has 0 aliphatic carbocycles. The summed E-state index contributed by atoms with van der Waals surface area (Å²) in [5.41, 5.74) is 3.20. The van der Waals surface area contributed by atoms with Gasteiger partial charge < -0.3 is 24.4 Å². The van der Waals surface area contributed by atoms with Crippen molar-refractivity contribution in [2.75, 3.05) is 36.6 Å². The van der Waals surface area contributed by atoms with Crippen LogP contribution in [-0.4, -0.2) is 38.2 Å². The Bertz CT molecular complexity index is 1200. The summed E-state index contributed by atoms with van der Waals surface area (Å²) in [6, 6.07) is 17.9. The third-order valence-corrected chi connectivity index (χ3v) is 5.75. The van der Waals surface area contributed by atoms with E-state index in [9.17, 15) is 9.59 Å². The van der Waals surface area contributed by atoms with Crippen molar-refractivity contribution in [2.45, 2.75) is 13.8 Å². The molecule has 0 unspecified atom stereocenters. The minimum Gasteiger partial charge on any atom is -0.492 e. The van der Waals surface area contributed by atoms with Crippen molar-refractivity contribution in [3.05, 3.63) is 76.8 Å². The SMILES string of the molecule is Cc1cccc(OCC(=O)Nc2ccc3c(c2)N(CCOc2ccc(Cl)cc2)C(=O)CO3)c1C. The Morgan fingerprint density at radius 3 is 2.68 bits per heavy atom. The number of hydrogen-bond acceptors (Lipinski definition) is 5. The fraction of sp³-hybridized carbons (Fsp3) is 0.231. The van der Waals surface area contributed by atoms with E-state index in [4.69, 9.17) is 25.8 Å². The van der Waals surface area contributed by atoms with Crippen LogP contribution in [0.3, 0.4) is 0 Å². The Kier molecular flexibility index (Phi) is 7.23.